The van der Waals surface area contributed by atoms with Gasteiger partial charge >= 0.3 is 17.9 Å². The van der Waals surface area contributed by atoms with Crippen LogP contribution in [0.1, 0.15) is 278 Å². The van der Waals surface area contributed by atoms with Gasteiger partial charge in [-0.2, -0.15) is 0 Å². The SMILES string of the molecule is CC\C=C/C=C\C=C/CCCCCCCC(=O)OCC(COC(=O)CCCCCCC/C=C\CCCCCCCCC)OC(=O)CCCCCCCCCCCCCCCCCC. The average Bonchev–Trinajstić information content (AvgIpc) is 3.28. The zero-order valence-electron chi connectivity index (χ0n) is 41.8. The molecule has 0 radical (unpaired) electrons. The van der Waals surface area contributed by atoms with Crippen LogP contribution in [-0.4, -0.2) is 37.2 Å². The summed E-state index contributed by atoms with van der Waals surface area (Å²) in [5.74, 6) is -0.899. The Morgan fingerprint density at radius 3 is 1.00 bits per heavy atom. The van der Waals surface area contributed by atoms with Crippen LogP contribution in [0.2, 0.25) is 0 Å². The van der Waals surface area contributed by atoms with Gasteiger partial charge in [0.2, 0.25) is 0 Å². The molecule has 0 heterocycles. The fourth-order valence-electron chi connectivity index (χ4n) is 7.79. The van der Waals surface area contributed by atoms with Crippen LogP contribution in [-0.2, 0) is 28.6 Å². The van der Waals surface area contributed by atoms with Gasteiger partial charge in [0, 0.05) is 19.3 Å². The summed E-state index contributed by atoms with van der Waals surface area (Å²) in [6.07, 6.45) is 62.4. The standard InChI is InChI=1S/C57H102O6/c1-4-7-10-13-16-19-22-25-27-29-32-35-38-41-44-47-50-56(59)62-53-54(52-61-55(58)49-46-43-40-37-34-31-24-21-18-15-12-9-6-3)63-57(60)51-48-45-42-39-36-33-30-28-26-23-20-17-14-11-8-5-2/h9,12,15,18,21,24,27,29,54H,4-8,10-11,13-14,16-17,19-20,22-23,25-26,28,30-53H2,1-3H3/b12-9-,18-15-,24-21-,29-27-. The van der Waals surface area contributed by atoms with Crippen molar-refractivity contribution in [1.82, 2.24) is 0 Å². The van der Waals surface area contributed by atoms with E-state index in [0.29, 0.717) is 19.3 Å². The van der Waals surface area contributed by atoms with E-state index in [1.807, 2.05) is 0 Å². The minimum Gasteiger partial charge on any atom is -0.462 e. The van der Waals surface area contributed by atoms with Gasteiger partial charge in [-0.05, 0) is 64.2 Å². The molecule has 0 aliphatic heterocycles. The van der Waals surface area contributed by atoms with E-state index in [4.69, 9.17) is 14.2 Å². The number of hydrogen-bond acceptors (Lipinski definition) is 6. The molecule has 0 aliphatic carbocycles. The number of allylic oxidation sites excluding steroid dienone is 8. The highest BCUT2D eigenvalue weighted by Gasteiger charge is 2.19. The van der Waals surface area contributed by atoms with Gasteiger partial charge in [0.15, 0.2) is 6.10 Å². The molecule has 0 aliphatic rings. The lowest BCUT2D eigenvalue weighted by molar-refractivity contribution is -0.167. The number of rotatable bonds is 49. The van der Waals surface area contributed by atoms with Crippen LogP contribution in [0.5, 0.6) is 0 Å². The molecule has 63 heavy (non-hydrogen) atoms. The lowest BCUT2D eigenvalue weighted by atomic mass is 10.0. The normalized spacial score (nSPS) is 12.4. The molecule has 0 bridgehead atoms. The Labute approximate surface area is 390 Å². The summed E-state index contributed by atoms with van der Waals surface area (Å²) >= 11 is 0. The van der Waals surface area contributed by atoms with Crippen LogP contribution < -0.4 is 0 Å². The van der Waals surface area contributed by atoms with E-state index in [2.05, 4.69) is 69.4 Å². The Morgan fingerprint density at radius 2 is 0.635 bits per heavy atom. The average molecular weight is 883 g/mol. The number of hydrogen-bond donors (Lipinski definition) is 0. The molecule has 0 amide bonds. The molecule has 0 spiro atoms. The molecule has 6 nitrogen and oxygen atoms in total. The van der Waals surface area contributed by atoms with E-state index < -0.39 is 6.10 Å². The molecule has 0 rings (SSSR count). The molecule has 0 aromatic carbocycles. The van der Waals surface area contributed by atoms with Crippen LogP contribution in [0.3, 0.4) is 0 Å². The second kappa shape index (κ2) is 52.0. The fraction of sp³-hybridized carbons (Fsp3) is 0.807. The highest BCUT2D eigenvalue weighted by Crippen LogP contribution is 2.16. The van der Waals surface area contributed by atoms with Gasteiger partial charge in [0.1, 0.15) is 13.2 Å². The first-order valence-corrected chi connectivity index (χ1v) is 27.2. The largest absolute Gasteiger partial charge is 0.462 e. The van der Waals surface area contributed by atoms with E-state index in [-0.39, 0.29) is 31.1 Å². The van der Waals surface area contributed by atoms with E-state index >= 15 is 0 Å². The predicted molar refractivity (Wildman–Crippen MR) is 270 cm³/mol. The Balaban J connectivity index is 4.38. The number of carbonyl (C=O) groups is 3. The minimum absolute atomic E-state index is 0.0817. The molecule has 1 atom stereocenters. The van der Waals surface area contributed by atoms with Gasteiger partial charge in [-0.3, -0.25) is 14.4 Å². The summed E-state index contributed by atoms with van der Waals surface area (Å²) in [4.78, 5) is 38.0. The van der Waals surface area contributed by atoms with Gasteiger partial charge in [0.05, 0.1) is 0 Å². The first-order chi connectivity index (χ1) is 31.0. The van der Waals surface area contributed by atoms with Crippen molar-refractivity contribution in [2.75, 3.05) is 13.2 Å². The molecule has 6 heteroatoms. The molecule has 0 N–H and O–H groups in total. The van der Waals surface area contributed by atoms with Crippen molar-refractivity contribution < 1.29 is 28.6 Å². The second-order valence-corrected chi connectivity index (χ2v) is 18.2. The zero-order chi connectivity index (χ0) is 45.8. The van der Waals surface area contributed by atoms with Crippen LogP contribution in [0.15, 0.2) is 48.6 Å². The van der Waals surface area contributed by atoms with Gasteiger partial charge in [0.25, 0.3) is 0 Å². The van der Waals surface area contributed by atoms with Gasteiger partial charge < -0.3 is 14.2 Å². The summed E-state index contributed by atoms with van der Waals surface area (Å²) < 4.78 is 16.8. The van der Waals surface area contributed by atoms with Crippen molar-refractivity contribution in [3.8, 4) is 0 Å². The van der Waals surface area contributed by atoms with Crippen molar-refractivity contribution in [3.63, 3.8) is 0 Å². The van der Waals surface area contributed by atoms with Crippen molar-refractivity contribution in [3.05, 3.63) is 48.6 Å². The molecule has 0 aromatic rings. The van der Waals surface area contributed by atoms with Crippen molar-refractivity contribution in [2.45, 2.75) is 284 Å². The van der Waals surface area contributed by atoms with E-state index in [1.165, 1.54) is 148 Å². The van der Waals surface area contributed by atoms with Gasteiger partial charge in [-0.1, -0.05) is 243 Å². The Kier molecular flexibility index (Phi) is 49.8. The van der Waals surface area contributed by atoms with Crippen LogP contribution in [0.4, 0.5) is 0 Å². The number of unbranched alkanes of at least 4 members (excludes halogenated alkanes) is 32. The molecule has 0 fully saturated rings. The predicted octanol–water partition coefficient (Wildman–Crippen LogP) is 17.9. The summed E-state index contributed by atoms with van der Waals surface area (Å²) in [5, 5.41) is 0. The summed E-state index contributed by atoms with van der Waals surface area (Å²) in [6, 6.07) is 0. The Morgan fingerprint density at radius 1 is 0.333 bits per heavy atom. The van der Waals surface area contributed by atoms with E-state index in [1.54, 1.807) is 0 Å². The first-order valence-electron chi connectivity index (χ1n) is 27.2. The Hall–Kier alpha value is -2.63. The van der Waals surface area contributed by atoms with Crippen molar-refractivity contribution in [1.29, 1.82) is 0 Å². The van der Waals surface area contributed by atoms with E-state index in [0.717, 1.165) is 89.9 Å². The molecule has 0 saturated carbocycles. The number of ether oxygens (including phenoxy) is 3. The molecular weight excluding hydrogens is 781 g/mol. The molecule has 366 valence electrons. The quantitative estimate of drug-likeness (QED) is 0.0199. The van der Waals surface area contributed by atoms with Gasteiger partial charge in [-0.15, -0.1) is 0 Å². The molecule has 0 aromatic heterocycles. The molecular formula is C57H102O6. The van der Waals surface area contributed by atoms with Gasteiger partial charge in [-0.25, -0.2) is 0 Å². The summed E-state index contributed by atoms with van der Waals surface area (Å²) in [5.41, 5.74) is 0. The Bertz CT molecular complexity index is 1110. The molecule has 0 saturated heterocycles. The van der Waals surface area contributed by atoms with Crippen LogP contribution in [0, 0.1) is 0 Å². The maximum atomic E-state index is 12.8. The van der Waals surface area contributed by atoms with Crippen molar-refractivity contribution in [2.24, 2.45) is 0 Å². The molecule has 1 unspecified atom stereocenters. The third kappa shape index (κ3) is 50.2. The van der Waals surface area contributed by atoms with Crippen LogP contribution in [0.25, 0.3) is 0 Å². The third-order valence-electron chi connectivity index (χ3n) is 11.9. The zero-order valence-corrected chi connectivity index (χ0v) is 41.8. The lowest BCUT2D eigenvalue weighted by Crippen LogP contribution is -2.30. The maximum Gasteiger partial charge on any atom is 0.306 e. The fourth-order valence-corrected chi connectivity index (χ4v) is 7.79. The number of carbonyl (C=O) groups excluding carboxylic acids is 3. The van der Waals surface area contributed by atoms with Crippen molar-refractivity contribution >= 4 is 17.9 Å². The topological polar surface area (TPSA) is 78.9 Å². The monoisotopic (exact) mass is 883 g/mol. The summed E-state index contributed by atoms with van der Waals surface area (Å²) in [7, 11) is 0. The maximum absolute atomic E-state index is 12.8. The minimum atomic E-state index is -0.782. The number of esters is 3. The third-order valence-corrected chi connectivity index (χ3v) is 11.9. The highest BCUT2D eigenvalue weighted by molar-refractivity contribution is 5.71. The smallest absolute Gasteiger partial charge is 0.306 e. The first kappa shape index (κ1) is 60.4. The summed E-state index contributed by atoms with van der Waals surface area (Å²) in [6.45, 7) is 6.51. The van der Waals surface area contributed by atoms with E-state index in [9.17, 15) is 14.4 Å². The van der Waals surface area contributed by atoms with Crippen LogP contribution >= 0.6 is 0 Å². The lowest BCUT2D eigenvalue weighted by Gasteiger charge is -2.18. The second-order valence-electron chi connectivity index (χ2n) is 18.2. The highest BCUT2D eigenvalue weighted by atomic mass is 16.6.